The molecule has 3 aromatic rings. The third-order valence-electron chi connectivity index (χ3n) is 6.62. The van der Waals surface area contributed by atoms with Gasteiger partial charge in [0, 0.05) is 13.2 Å². The lowest BCUT2D eigenvalue weighted by atomic mass is 9.87. The molecule has 1 unspecified atom stereocenters. The number of allylic oxidation sites excluding steroid dienone is 1. The van der Waals surface area contributed by atoms with Gasteiger partial charge in [0.25, 0.3) is 0 Å². The predicted molar refractivity (Wildman–Crippen MR) is 148 cm³/mol. The van der Waals surface area contributed by atoms with Gasteiger partial charge in [-0.05, 0) is 65.9 Å². The van der Waals surface area contributed by atoms with Crippen LogP contribution in [0.1, 0.15) is 43.4 Å². The van der Waals surface area contributed by atoms with Gasteiger partial charge in [0.2, 0.25) is 0 Å². The number of rotatable bonds is 15. The normalized spacial score (nSPS) is 15.6. The molecule has 0 aliphatic carbocycles. The van der Waals surface area contributed by atoms with Crippen molar-refractivity contribution in [2.75, 3.05) is 46.1 Å². The van der Waals surface area contributed by atoms with Gasteiger partial charge < -0.3 is 19.1 Å². The van der Waals surface area contributed by atoms with Gasteiger partial charge in [-0.1, -0.05) is 86.6 Å². The average molecular weight is 486 g/mol. The van der Waals surface area contributed by atoms with Gasteiger partial charge in [-0.2, -0.15) is 0 Å². The third kappa shape index (κ3) is 7.79. The third-order valence-corrected chi connectivity index (χ3v) is 6.62. The van der Waals surface area contributed by atoms with Crippen LogP contribution < -0.4 is 4.74 Å². The van der Waals surface area contributed by atoms with Crippen LogP contribution >= 0.6 is 0 Å². The molecule has 1 aliphatic heterocycles. The second-order valence-electron chi connectivity index (χ2n) is 9.12. The van der Waals surface area contributed by atoms with Gasteiger partial charge in [-0.3, -0.25) is 0 Å². The number of benzene rings is 3. The molecule has 0 aromatic heterocycles. The number of epoxide rings is 1. The van der Waals surface area contributed by atoms with Gasteiger partial charge in [0.05, 0.1) is 13.2 Å². The van der Waals surface area contributed by atoms with E-state index in [4.69, 9.17) is 14.2 Å². The molecule has 4 rings (SSSR count). The highest BCUT2D eigenvalue weighted by atomic mass is 16.6. The maximum atomic E-state index is 6.06. The number of ether oxygens (including phenoxy) is 3. The van der Waals surface area contributed by atoms with E-state index >= 15 is 0 Å². The van der Waals surface area contributed by atoms with Crippen molar-refractivity contribution in [1.29, 1.82) is 0 Å². The van der Waals surface area contributed by atoms with Crippen LogP contribution in [0.25, 0.3) is 11.1 Å². The second-order valence-corrected chi connectivity index (χ2v) is 9.12. The monoisotopic (exact) mass is 485 g/mol. The Morgan fingerprint density at radius 2 is 1.42 bits per heavy atom. The first kappa shape index (κ1) is 26.2. The van der Waals surface area contributed by atoms with E-state index in [0.29, 0.717) is 19.3 Å². The lowest BCUT2D eigenvalue weighted by molar-refractivity contribution is 0.115. The van der Waals surface area contributed by atoms with Crippen LogP contribution in [0, 0.1) is 0 Å². The predicted octanol–water partition coefficient (Wildman–Crippen LogP) is 6.56. The van der Waals surface area contributed by atoms with Gasteiger partial charge in [0.1, 0.15) is 18.5 Å². The number of nitrogens with zero attached hydrogens (tertiary/aromatic N) is 1. The molecule has 3 aromatic carbocycles. The molecule has 0 saturated carbocycles. The zero-order valence-corrected chi connectivity index (χ0v) is 21.7. The zero-order valence-electron chi connectivity index (χ0n) is 21.7. The Balaban J connectivity index is 1.58. The summed E-state index contributed by atoms with van der Waals surface area (Å²) >= 11 is 0. The lowest BCUT2D eigenvalue weighted by Gasteiger charge is -2.19. The Kier molecular flexibility index (Phi) is 10.2. The first-order valence-electron chi connectivity index (χ1n) is 13.3. The largest absolute Gasteiger partial charge is 0.492 e. The van der Waals surface area contributed by atoms with Gasteiger partial charge >= 0.3 is 0 Å². The summed E-state index contributed by atoms with van der Waals surface area (Å²) < 4.78 is 17.2. The minimum Gasteiger partial charge on any atom is -0.492 e. The van der Waals surface area contributed by atoms with Gasteiger partial charge in [0.15, 0.2) is 0 Å². The standard InChI is InChI=1S/C32H39NO3/c1-3-33(4-2)21-23-35-29-19-17-28(18-20-29)32(27-14-9-6-10-15-27)31(26-12-7-5-8-13-26)16-11-22-34-24-30-25-36-30/h5-10,12-15,17-20,30H,3-4,11,16,21-25H2,1-2H3/b32-31-. The van der Waals surface area contributed by atoms with E-state index in [-0.39, 0.29) is 0 Å². The molecule has 190 valence electrons. The molecule has 0 radical (unpaired) electrons. The minimum absolute atomic E-state index is 0.307. The number of likely N-dealkylation sites (N-methyl/N-ethyl adjacent to an activating group) is 1. The molecular weight excluding hydrogens is 446 g/mol. The molecule has 1 heterocycles. The average Bonchev–Trinajstić information content (AvgIpc) is 3.76. The van der Waals surface area contributed by atoms with E-state index in [2.05, 4.69) is 104 Å². The van der Waals surface area contributed by atoms with Crippen LogP contribution in [-0.4, -0.2) is 57.1 Å². The van der Waals surface area contributed by atoms with Crippen molar-refractivity contribution in [3.8, 4) is 5.75 Å². The second kappa shape index (κ2) is 14.0. The van der Waals surface area contributed by atoms with Crippen LogP contribution in [0.5, 0.6) is 5.75 Å². The van der Waals surface area contributed by atoms with Crippen molar-refractivity contribution in [3.05, 3.63) is 102 Å². The fourth-order valence-corrected chi connectivity index (χ4v) is 4.45. The van der Waals surface area contributed by atoms with E-state index in [1.54, 1.807) is 0 Å². The van der Waals surface area contributed by atoms with E-state index in [1.807, 2.05) is 0 Å². The molecule has 4 heteroatoms. The molecule has 0 bridgehead atoms. The van der Waals surface area contributed by atoms with Crippen molar-refractivity contribution < 1.29 is 14.2 Å². The first-order chi connectivity index (χ1) is 17.8. The maximum Gasteiger partial charge on any atom is 0.119 e. The number of hydrogen-bond acceptors (Lipinski definition) is 4. The van der Waals surface area contributed by atoms with E-state index in [9.17, 15) is 0 Å². The van der Waals surface area contributed by atoms with Crippen LogP contribution in [0.3, 0.4) is 0 Å². The Morgan fingerprint density at radius 3 is 2.03 bits per heavy atom. The molecule has 1 saturated heterocycles. The summed E-state index contributed by atoms with van der Waals surface area (Å²) in [5, 5.41) is 0. The molecule has 0 spiro atoms. The van der Waals surface area contributed by atoms with Crippen molar-refractivity contribution >= 4 is 11.1 Å². The summed E-state index contributed by atoms with van der Waals surface area (Å²) in [5.41, 5.74) is 6.27. The first-order valence-corrected chi connectivity index (χ1v) is 13.3. The quantitative estimate of drug-likeness (QED) is 0.139. The maximum absolute atomic E-state index is 6.06. The molecule has 0 N–H and O–H groups in total. The van der Waals surface area contributed by atoms with E-state index < -0.39 is 0 Å². The Bertz CT molecular complexity index is 1060. The lowest BCUT2D eigenvalue weighted by Crippen LogP contribution is -2.27. The van der Waals surface area contributed by atoms with Crippen LogP contribution in [0.2, 0.25) is 0 Å². The summed E-state index contributed by atoms with van der Waals surface area (Å²) in [6.45, 7) is 10.4. The van der Waals surface area contributed by atoms with Crippen molar-refractivity contribution in [1.82, 2.24) is 4.90 Å². The molecule has 1 fully saturated rings. The smallest absolute Gasteiger partial charge is 0.119 e. The van der Waals surface area contributed by atoms with E-state index in [1.165, 1.54) is 27.8 Å². The van der Waals surface area contributed by atoms with Crippen LogP contribution in [0.15, 0.2) is 84.9 Å². The zero-order chi connectivity index (χ0) is 25.0. The van der Waals surface area contributed by atoms with Gasteiger partial charge in [-0.25, -0.2) is 0 Å². The van der Waals surface area contributed by atoms with Crippen molar-refractivity contribution in [2.24, 2.45) is 0 Å². The Labute approximate surface area is 216 Å². The molecule has 4 nitrogen and oxygen atoms in total. The summed E-state index contributed by atoms with van der Waals surface area (Å²) in [6, 6.07) is 30.0. The SMILES string of the molecule is CCN(CC)CCOc1ccc(/C(=C(/CCCOCC2CO2)c2ccccc2)c2ccccc2)cc1. The highest BCUT2D eigenvalue weighted by Gasteiger charge is 2.22. The highest BCUT2D eigenvalue weighted by Crippen LogP contribution is 2.35. The summed E-state index contributed by atoms with van der Waals surface area (Å²) in [4.78, 5) is 2.37. The Morgan fingerprint density at radius 1 is 0.806 bits per heavy atom. The van der Waals surface area contributed by atoms with Crippen LogP contribution in [-0.2, 0) is 9.47 Å². The number of hydrogen-bond donors (Lipinski definition) is 0. The Hall–Kier alpha value is -2.92. The molecule has 0 amide bonds. The van der Waals surface area contributed by atoms with E-state index in [0.717, 1.165) is 51.4 Å². The summed E-state index contributed by atoms with van der Waals surface area (Å²) in [7, 11) is 0. The molecular formula is C32H39NO3. The molecule has 1 aliphatic rings. The fraction of sp³-hybridized carbons (Fsp3) is 0.375. The highest BCUT2D eigenvalue weighted by molar-refractivity contribution is 5.98. The molecule has 36 heavy (non-hydrogen) atoms. The summed E-state index contributed by atoms with van der Waals surface area (Å²) in [5.74, 6) is 0.912. The topological polar surface area (TPSA) is 34.2 Å². The molecule has 1 atom stereocenters. The van der Waals surface area contributed by atoms with Crippen LogP contribution in [0.4, 0.5) is 0 Å². The minimum atomic E-state index is 0.307. The van der Waals surface area contributed by atoms with Gasteiger partial charge in [-0.15, -0.1) is 0 Å². The fourth-order valence-electron chi connectivity index (χ4n) is 4.45. The van der Waals surface area contributed by atoms with Crippen molar-refractivity contribution in [2.45, 2.75) is 32.8 Å². The summed E-state index contributed by atoms with van der Waals surface area (Å²) in [6.07, 6.45) is 2.20. The van der Waals surface area contributed by atoms with Crippen molar-refractivity contribution in [3.63, 3.8) is 0 Å².